The summed E-state index contributed by atoms with van der Waals surface area (Å²) >= 11 is 0. The number of nitrogens with one attached hydrogen (secondary N) is 2. The van der Waals surface area contributed by atoms with Crippen molar-refractivity contribution in [2.75, 3.05) is 29.9 Å². The van der Waals surface area contributed by atoms with Gasteiger partial charge in [-0.05, 0) is 31.2 Å². The fourth-order valence-electron chi connectivity index (χ4n) is 2.28. The molecule has 7 nitrogen and oxygen atoms in total. The second kappa shape index (κ2) is 5.88. The number of nitrogens with zero attached hydrogens (tertiary/aromatic N) is 2. The molecule has 2 amide bonds. The van der Waals surface area contributed by atoms with E-state index in [0.29, 0.717) is 24.5 Å². The first-order chi connectivity index (χ1) is 10.6. The average Bonchev–Trinajstić information content (AvgIpc) is 2.95. The second-order valence-corrected chi connectivity index (χ2v) is 5.10. The average molecular weight is 300 g/mol. The van der Waals surface area contributed by atoms with Crippen LogP contribution in [0.25, 0.3) is 0 Å². The summed E-state index contributed by atoms with van der Waals surface area (Å²) in [5.74, 6) is 0.288. The SMILES string of the molecule is Cc1cc(C(=O)Nc2ccc(N3CCNC(=O)C3)cc2)no1. The predicted molar refractivity (Wildman–Crippen MR) is 80.9 cm³/mol. The molecule has 0 bridgehead atoms. The Balaban J connectivity index is 1.66. The molecule has 3 rings (SSSR count). The highest BCUT2D eigenvalue weighted by atomic mass is 16.5. The Kier molecular flexibility index (Phi) is 3.78. The van der Waals surface area contributed by atoms with Gasteiger partial charge in [-0.2, -0.15) is 0 Å². The van der Waals surface area contributed by atoms with Gasteiger partial charge in [0, 0.05) is 30.5 Å². The van der Waals surface area contributed by atoms with E-state index < -0.39 is 0 Å². The first-order valence-corrected chi connectivity index (χ1v) is 6.98. The van der Waals surface area contributed by atoms with E-state index in [-0.39, 0.29) is 17.5 Å². The number of rotatable bonds is 3. The van der Waals surface area contributed by atoms with Crippen LogP contribution in [0.15, 0.2) is 34.9 Å². The van der Waals surface area contributed by atoms with Crippen LogP contribution >= 0.6 is 0 Å². The van der Waals surface area contributed by atoms with Gasteiger partial charge >= 0.3 is 0 Å². The summed E-state index contributed by atoms with van der Waals surface area (Å²) in [5, 5.41) is 9.21. The van der Waals surface area contributed by atoms with E-state index in [1.165, 1.54) is 0 Å². The lowest BCUT2D eigenvalue weighted by Gasteiger charge is -2.28. The molecule has 0 aliphatic carbocycles. The monoisotopic (exact) mass is 300 g/mol. The lowest BCUT2D eigenvalue weighted by Crippen LogP contribution is -2.47. The molecule has 7 heteroatoms. The number of hydrogen-bond acceptors (Lipinski definition) is 5. The molecule has 1 fully saturated rings. The minimum Gasteiger partial charge on any atom is -0.361 e. The van der Waals surface area contributed by atoms with E-state index in [1.54, 1.807) is 25.1 Å². The van der Waals surface area contributed by atoms with Crippen LogP contribution in [0.3, 0.4) is 0 Å². The van der Waals surface area contributed by atoms with E-state index in [2.05, 4.69) is 15.8 Å². The summed E-state index contributed by atoms with van der Waals surface area (Å²) in [7, 11) is 0. The van der Waals surface area contributed by atoms with Gasteiger partial charge < -0.3 is 20.1 Å². The standard InChI is InChI=1S/C15H16N4O3/c1-10-8-13(18-22-10)15(21)17-11-2-4-12(5-3-11)19-7-6-16-14(20)9-19/h2-5,8H,6-7,9H2,1H3,(H,16,20)(H,17,21). The van der Waals surface area contributed by atoms with Gasteiger partial charge in [0.05, 0.1) is 6.54 Å². The van der Waals surface area contributed by atoms with Crippen LogP contribution < -0.4 is 15.5 Å². The van der Waals surface area contributed by atoms with Gasteiger partial charge in [-0.15, -0.1) is 0 Å². The maximum atomic E-state index is 12.0. The molecule has 2 N–H and O–H groups in total. The highest BCUT2D eigenvalue weighted by molar-refractivity contribution is 6.02. The fraction of sp³-hybridized carbons (Fsp3) is 0.267. The van der Waals surface area contributed by atoms with Crippen LogP contribution in [-0.2, 0) is 4.79 Å². The largest absolute Gasteiger partial charge is 0.361 e. The Labute approximate surface area is 127 Å². The van der Waals surface area contributed by atoms with Crippen LogP contribution in [0, 0.1) is 6.92 Å². The molecule has 2 aromatic rings. The van der Waals surface area contributed by atoms with Gasteiger partial charge in [-0.3, -0.25) is 9.59 Å². The van der Waals surface area contributed by atoms with Crippen LogP contribution in [-0.4, -0.2) is 36.6 Å². The summed E-state index contributed by atoms with van der Waals surface area (Å²) in [6.07, 6.45) is 0. The molecule has 22 heavy (non-hydrogen) atoms. The molecule has 1 aromatic heterocycles. The van der Waals surface area contributed by atoms with E-state index in [0.717, 1.165) is 12.2 Å². The third-order valence-electron chi connectivity index (χ3n) is 3.39. The molecule has 0 spiro atoms. The molecule has 0 saturated carbocycles. The number of anilines is 2. The number of carbonyl (C=O) groups is 2. The van der Waals surface area contributed by atoms with E-state index >= 15 is 0 Å². The van der Waals surface area contributed by atoms with Crippen molar-refractivity contribution in [3.05, 3.63) is 41.8 Å². The van der Waals surface area contributed by atoms with Crippen LogP contribution in [0.5, 0.6) is 0 Å². The topological polar surface area (TPSA) is 87.5 Å². The number of hydrogen-bond donors (Lipinski definition) is 2. The summed E-state index contributed by atoms with van der Waals surface area (Å²) in [6.45, 7) is 3.50. The summed E-state index contributed by atoms with van der Waals surface area (Å²) in [6, 6.07) is 8.93. The zero-order valence-corrected chi connectivity index (χ0v) is 12.1. The van der Waals surface area contributed by atoms with E-state index in [4.69, 9.17) is 4.52 Å². The minimum atomic E-state index is -0.318. The van der Waals surface area contributed by atoms with Crippen molar-refractivity contribution < 1.29 is 14.1 Å². The second-order valence-electron chi connectivity index (χ2n) is 5.10. The first kappa shape index (κ1) is 14.1. The molecule has 0 radical (unpaired) electrons. The molecule has 114 valence electrons. The smallest absolute Gasteiger partial charge is 0.277 e. The van der Waals surface area contributed by atoms with Crippen molar-refractivity contribution in [1.82, 2.24) is 10.5 Å². The van der Waals surface area contributed by atoms with Crippen LogP contribution in [0.1, 0.15) is 16.2 Å². The maximum Gasteiger partial charge on any atom is 0.277 e. The molecule has 0 unspecified atom stereocenters. The number of carbonyl (C=O) groups excluding carboxylic acids is 2. The third-order valence-corrected chi connectivity index (χ3v) is 3.39. The lowest BCUT2D eigenvalue weighted by molar-refractivity contribution is -0.120. The Morgan fingerprint density at radius 1 is 1.36 bits per heavy atom. The number of piperazine rings is 1. The zero-order chi connectivity index (χ0) is 15.5. The van der Waals surface area contributed by atoms with Gasteiger partial charge in [0.15, 0.2) is 5.69 Å². The first-order valence-electron chi connectivity index (χ1n) is 6.98. The lowest BCUT2D eigenvalue weighted by atomic mass is 10.2. The summed E-state index contributed by atoms with van der Waals surface area (Å²) < 4.78 is 4.88. The minimum absolute atomic E-state index is 0.0185. The van der Waals surface area contributed by atoms with Crippen molar-refractivity contribution in [3.8, 4) is 0 Å². The highest BCUT2D eigenvalue weighted by Gasteiger charge is 2.16. The van der Waals surface area contributed by atoms with Gasteiger partial charge in [-0.25, -0.2) is 0 Å². The Morgan fingerprint density at radius 3 is 2.77 bits per heavy atom. The van der Waals surface area contributed by atoms with Crippen molar-refractivity contribution in [1.29, 1.82) is 0 Å². The van der Waals surface area contributed by atoms with Crippen molar-refractivity contribution >= 4 is 23.2 Å². The maximum absolute atomic E-state index is 12.0. The Morgan fingerprint density at radius 2 is 2.14 bits per heavy atom. The number of aryl methyl sites for hydroxylation is 1. The highest BCUT2D eigenvalue weighted by Crippen LogP contribution is 2.19. The Bertz CT molecular complexity index is 693. The number of aromatic nitrogens is 1. The van der Waals surface area contributed by atoms with Crippen molar-refractivity contribution in [2.24, 2.45) is 0 Å². The molecular weight excluding hydrogens is 284 g/mol. The van der Waals surface area contributed by atoms with Gasteiger partial charge in [0.1, 0.15) is 5.76 Å². The molecule has 1 aliphatic rings. The zero-order valence-electron chi connectivity index (χ0n) is 12.1. The molecule has 1 saturated heterocycles. The number of benzene rings is 1. The quantitative estimate of drug-likeness (QED) is 0.888. The van der Waals surface area contributed by atoms with E-state index in [1.807, 2.05) is 17.0 Å². The van der Waals surface area contributed by atoms with Crippen molar-refractivity contribution in [2.45, 2.75) is 6.92 Å². The van der Waals surface area contributed by atoms with Crippen LogP contribution in [0.4, 0.5) is 11.4 Å². The molecule has 1 aromatic carbocycles. The fourth-order valence-corrected chi connectivity index (χ4v) is 2.28. The van der Waals surface area contributed by atoms with Crippen molar-refractivity contribution in [3.63, 3.8) is 0 Å². The third kappa shape index (κ3) is 3.08. The Hall–Kier alpha value is -2.83. The summed E-state index contributed by atoms with van der Waals surface area (Å²) in [5.41, 5.74) is 1.86. The predicted octanol–water partition coefficient (Wildman–Crippen LogP) is 1.17. The number of amides is 2. The molecule has 2 heterocycles. The van der Waals surface area contributed by atoms with E-state index in [9.17, 15) is 9.59 Å². The molecule has 1 aliphatic heterocycles. The summed E-state index contributed by atoms with van der Waals surface area (Å²) in [4.78, 5) is 25.3. The van der Waals surface area contributed by atoms with Gasteiger partial charge in [0.2, 0.25) is 5.91 Å². The van der Waals surface area contributed by atoms with Gasteiger partial charge in [-0.1, -0.05) is 5.16 Å². The molecule has 0 atom stereocenters. The van der Waals surface area contributed by atoms with Gasteiger partial charge in [0.25, 0.3) is 5.91 Å². The van der Waals surface area contributed by atoms with Crippen LogP contribution in [0.2, 0.25) is 0 Å². The normalized spacial score (nSPS) is 14.6. The molecular formula is C15H16N4O3.